The van der Waals surface area contributed by atoms with Gasteiger partial charge in [-0.25, -0.2) is 4.79 Å². The number of carbonyl (C=O) groups excluding carboxylic acids is 2. The van der Waals surface area contributed by atoms with Gasteiger partial charge in [0.15, 0.2) is 0 Å². The predicted molar refractivity (Wildman–Crippen MR) is 114 cm³/mol. The average Bonchev–Trinajstić information content (AvgIpc) is 3.04. The van der Waals surface area contributed by atoms with Crippen LogP contribution in [0.5, 0.6) is 0 Å². The number of esters is 1. The summed E-state index contributed by atoms with van der Waals surface area (Å²) < 4.78 is 4.78. The molecule has 1 aliphatic rings. The highest BCUT2D eigenvalue weighted by molar-refractivity contribution is 6.09. The summed E-state index contributed by atoms with van der Waals surface area (Å²) in [5.74, 6) is -1.21. The minimum absolute atomic E-state index is 0.0356. The van der Waals surface area contributed by atoms with E-state index in [1.54, 1.807) is 0 Å². The van der Waals surface area contributed by atoms with Crippen molar-refractivity contribution in [2.24, 2.45) is 0 Å². The topological polar surface area (TPSA) is 134 Å². The fraction of sp³-hybridized carbons (Fsp3) is 0.238. The van der Waals surface area contributed by atoms with Crippen LogP contribution in [0.25, 0.3) is 0 Å². The Hall–Kier alpha value is -3.92. The molecular formula is C21H22N4O6. The maximum atomic E-state index is 12.8. The molecule has 0 fully saturated rings. The predicted octanol–water partition coefficient (Wildman–Crippen LogP) is 2.32. The number of non-ortho nitro benzene ring substituents is 1. The van der Waals surface area contributed by atoms with Crippen LogP contribution in [0.2, 0.25) is 0 Å². The first-order valence-corrected chi connectivity index (χ1v) is 9.44. The van der Waals surface area contributed by atoms with Crippen LogP contribution >= 0.6 is 0 Å². The normalized spacial score (nSPS) is 13.4. The Morgan fingerprint density at radius 2 is 2.00 bits per heavy atom. The highest BCUT2D eigenvalue weighted by atomic mass is 16.6. The minimum Gasteiger partial charge on any atom is -0.466 e. The molecule has 10 nitrogen and oxygen atoms in total. The number of methoxy groups -OCH3 is 1. The fourth-order valence-corrected chi connectivity index (χ4v) is 3.22. The van der Waals surface area contributed by atoms with E-state index in [1.165, 1.54) is 30.2 Å². The van der Waals surface area contributed by atoms with E-state index in [9.17, 15) is 24.8 Å². The van der Waals surface area contributed by atoms with Gasteiger partial charge in [0, 0.05) is 24.4 Å². The van der Waals surface area contributed by atoms with Crippen LogP contribution in [0, 0.1) is 17.0 Å². The number of hydrogen-bond donors (Lipinski definition) is 3. The van der Waals surface area contributed by atoms with Crippen LogP contribution in [0.4, 0.5) is 22.7 Å². The molecular weight excluding hydrogens is 404 g/mol. The number of nitro groups is 1. The molecule has 0 bridgehead atoms. The molecule has 0 saturated carbocycles. The number of benzene rings is 2. The summed E-state index contributed by atoms with van der Waals surface area (Å²) in [5, 5.41) is 26.5. The maximum Gasteiger partial charge on any atom is 0.337 e. The zero-order valence-corrected chi connectivity index (χ0v) is 17.0. The van der Waals surface area contributed by atoms with Gasteiger partial charge in [-0.3, -0.25) is 14.9 Å². The monoisotopic (exact) mass is 426 g/mol. The van der Waals surface area contributed by atoms with Gasteiger partial charge in [0.2, 0.25) is 0 Å². The van der Waals surface area contributed by atoms with Gasteiger partial charge >= 0.3 is 5.97 Å². The van der Waals surface area contributed by atoms with E-state index in [1.807, 2.05) is 31.2 Å². The summed E-state index contributed by atoms with van der Waals surface area (Å²) in [5.41, 5.74) is 2.33. The Bertz CT molecular complexity index is 1070. The number of nitrogens with zero attached hydrogens (tertiary/aromatic N) is 2. The number of ether oxygens (including phenoxy) is 1. The third-order valence-electron chi connectivity index (χ3n) is 4.72. The number of anilines is 3. The van der Waals surface area contributed by atoms with Gasteiger partial charge in [0.25, 0.3) is 11.6 Å². The minimum atomic E-state index is -0.699. The smallest absolute Gasteiger partial charge is 0.337 e. The van der Waals surface area contributed by atoms with E-state index in [0.29, 0.717) is 5.69 Å². The van der Waals surface area contributed by atoms with Crippen LogP contribution in [-0.4, -0.2) is 53.6 Å². The molecule has 1 amide bonds. The number of aliphatic hydroxyl groups is 1. The molecule has 1 aliphatic heterocycles. The molecule has 0 unspecified atom stereocenters. The van der Waals surface area contributed by atoms with Crippen molar-refractivity contribution in [2.45, 2.75) is 6.92 Å². The van der Waals surface area contributed by atoms with Gasteiger partial charge < -0.3 is 25.4 Å². The molecule has 1 heterocycles. The van der Waals surface area contributed by atoms with Gasteiger partial charge in [-0.05, 0) is 30.7 Å². The van der Waals surface area contributed by atoms with Crippen molar-refractivity contribution in [3.8, 4) is 0 Å². The molecule has 10 heteroatoms. The van der Waals surface area contributed by atoms with Gasteiger partial charge in [0.1, 0.15) is 5.70 Å². The van der Waals surface area contributed by atoms with Crippen molar-refractivity contribution in [2.75, 3.05) is 37.4 Å². The summed E-state index contributed by atoms with van der Waals surface area (Å²) in [6, 6.07) is 11.7. The molecule has 162 valence electrons. The van der Waals surface area contributed by atoms with E-state index in [-0.39, 0.29) is 42.3 Å². The maximum absolute atomic E-state index is 12.8. The molecule has 0 spiro atoms. The molecule has 0 radical (unpaired) electrons. The fourth-order valence-electron chi connectivity index (χ4n) is 3.22. The molecule has 3 N–H and O–H groups in total. The Morgan fingerprint density at radius 3 is 2.65 bits per heavy atom. The Balaban J connectivity index is 2.02. The van der Waals surface area contributed by atoms with Crippen molar-refractivity contribution in [3.63, 3.8) is 0 Å². The number of hydrogen-bond acceptors (Lipinski definition) is 8. The number of β-amino-alcohol motifs (C(OH)–C–C–N with tert-alkyl or cyclic N) is 1. The third-order valence-corrected chi connectivity index (χ3v) is 4.72. The van der Waals surface area contributed by atoms with Crippen molar-refractivity contribution in [3.05, 3.63) is 69.4 Å². The zero-order valence-electron chi connectivity index (χ0n) is 17.0. The lowest BCUT2D eigenvalue weighted by molar-refractivity contribution is -0.384. The second kappa shape index (κ2) is 9.26. The SMILES string of the molecule is COC(=O)C1=C(Nc2cc([N+](=O)[O-])ccc2Nc2cccc(C)c2)C(=O)N(CCO)C1. The average molecular weight is 426 g/mol. The Kier molecular flexibility index (Phi) is 6.51. The first kappa shape index (κ1) is 21.8. The van der Waals surface area contributed by atoms with Crippen LogP contribution in [0.15, 0.2) is 53.7 Å². The van der Waals surface area contributed by atoms with Crippen molar-refractivity contribution < 1.29 is 24.4 Å². The summed E-state index contributed by atoms with van der Waals surface area (Å²) in [6.45, 7) is 1.66. The number of aryl methyl sites for hydroxylation is 1. The van der Waals surface area contributed by atoms with Crippen molar-refractivity contribution >= 4 is 34.6 Å². The van der Waals surface area contributed by atoms with Crippen LogP contribution in [-0.2, 0) is 14.3 Å². The number of rotatable bonds is 8. The van der Waals surface area contributed by atoms with Gasteiger partial charge in [-0.1, -0.05) is 12.1 Å². The lowest BCUT2D eigenvalue weighted by atomic mass is 10.1. The molecule has 3 rings (SSSR count). The van der Waals surface area contributed by atoms with Crippen LogP contribution in [0.1, 0.15) is 5.56 Å². The highest BCUT2D eigenvalue weighted by Crippen LogP contribution is 2.33. The quantitative estimate of drug-likeness (QED) is 0.333. The number of nitrogens with one attached hydrogen (secondary N) is 2. The van der Waals surface area contributed by atoms with Gasteiger partial charge in [0.05, 0.1) is 42.1 Å². The van der Waals surface area contributed by atoms with Crippen molar-refractivity contribution in [1.29, 1.82) is 0 Å². The van der Waals surface area contributed by atoms with E-state index in [2.05, 4.69) is 10.6 Å². The second-order valence-electron chi connectivity index (χ2n) is 6.90. The third kappa shape index (κ3) is 4.81. The van der Waals surface area contributed by atoms with Crippen LogP contribution in [0.3, 0.4) is 0 Å². The second-order valence-corrected chi connectivity index (χ2v) is 6.90. The molecule has 0 saturated heterocycles. The Labute approximate surface area is 178 Å². The number of aliphatic hydroxyl groups excluding tert-OH is 1. The molecule has 2 aromatic rings. The van der Waals surface area contributed by atoms with E-state index in [0.717, 1.165) is 11.3 Å². The number of nitro benzene ring substituents is 1. The summed E-state index contributed by atoms with van der Waals surface area (Å²) in [4.78, 5) is 37.0. The van der Waals surface area contributed by atoms with E-state index in [4.69, 9.17) is 4.74 Å². The van der Waals surface area contributed by atoms with Crippen LogP contribution < -0.4 is 10.6 Å². The highest BCUT2D eigenvalue weighted by Gasteiger charge is 2.35. The summed E-state index contributed by atoms with van der Waals surface area (Å²) in [7, 11) is 1.20. The lowest BCUT2D eigenvalue weighted by Crippen LogP contribution is -2.31. The molecule has 0 aliphatic carbocycles. The van der Waals surface area contributed by atoms with Gasteiger partial charge in [-0.2, -0.15) is 0 Å². The number of amides is 1. The number of carbonyl (C=O) groups is 2. The first-order valence-electron chi connectivity index (χ1n) is 9.44. The molecule has 31 heavy (non-hydrogen) atoms. The molecule has 2 aromatic carbocycles. The molecule has 0 atom stereocenters. The largest absolute Gasteiger partial charge is 0.466 e. The summed E-state index contributed by atoms with van der Waals surface area (Å²) in [6.07, 6.45) is 0. The Morgan fingerprint density at radius 1 is 1.23 bits per heavy atom. The first-order chi connectivity index (χ1) is 14.8. The summed E-state index contributed by atoms with van der Waals surface area (Å²) >= 11 is 0. The van der Waals surface area contributed by atoms with Crippen molar-refractivity contribution in [1.82, 2.24) is 4.90 Å². The van der Waals surface area contributed by atoms with Gasteiger partial charge in [-0.15, -0.1) is 0 Å². The zero-order chi connectivity index (χ0) is 22.5. The van der Waals surface area contributed by atoms with E-state index < -0.39 is 16.8 Å². The lowest BCUT2D eigenvalue weighted by Gasteiger charge is -2.17. The molecule has 0 aromatic heterocycles. The van der Waals surface area contributed by atoms with E-state index >= 15 is 0 Å². The standard InChI is InChI=1S/C21H22N4O6/c1-13-4-3-5-14(10-13)22-17-7-6-15(25(29)30)11-18(17)23-19-16(21(28)31-2)12-24(8-9-26)20(19)27/h3-7,10-11,22-23,26H,8-9,12H2,1-2H3.